The van der Waals surface area contributed by atoms with Gasteiger partial charge in [-0.25, -0.2) is 0 Å². The lowest BCUT2D eigenvalue weighted by atomic mass is 10.0. The average Bonchev–Trinajstić information content (AvgIpc) is 2.64. The summed E-state index contributed by atoms with van der Waals surface area (Å²) in [5, 5.41) is 3.53. The molecule has 2 rings (SSSR count). The van der Waals surface area contributed by atoms with Gasteiger partial charge in [-0.15, -0.1) is 0 Å². The Labute approximate surface area is 172 Å². The number of carbonyl (C=O) groups excluding carboxylic acids is 2. The fourth-order valence-corrected chi connectivity index (χ4v) is 3.34. The van der Waals surface area contributed by atoms with Gasteiger partial charge in [-0.1, -0.05) is 60.0 Å². The molecule has 0 fully saturated rings. The number of hydrogen-bond donors (Lipinski definition) is 1. The molecule has 2 aromatic carbocycles. The minimum absolute atomic E-state index is 0.0703. The Kier molecular flexibility index (Phi) is 8.06. The normalized spacial score (nSPS) is 11.8. The second kappa shape index (κ2) is 10.3. The zero-order valence-electron chi connectivity index (χ0n) is 17.1. The molecular formula is C23H29ClN2O2. The van der Waals surface area contributed by atoms with Gasteiger partial charge < -0.3 is 10.2 Å². The van der Waals surface area contributed by atoms with E-state index in [2.05, 4.69) is 11.4 Å². The van der Waals surface area contributed by atoms with E-state index in [1.807, 2.05) is 45.0 Å². The first-order chi connectivity index (χ1) is 13.3. The zero-order valence-corrected chi connectivity index (χ0v) is 17.8. The molecule has 5 heteroatoms. The quantitative estimate of drug-likeness (QED) is 0.711. The highest BCUT2D eigenvalue weighted by molar-refractivity contribution is 6.30. The predicted octanol–water partition coefficient (Wildman–Crippen LogP) is 4.44. The monoisotopic (exact) mass is 400 g/mol. The Balaban J connectivity index is 2.23. The lowest BCUT2D eigenvalue weighted by Crippen LogP contribution is -2.48. The minimum atomic E-state index is -0.555. The molecular weight excluding hydrogens is 372 g/mol. The predicted molar refractivity (Wildman–Crippen MR) is 114 cm³/mol. The topological polar surface area (TPSA) is 49.4 Å². The highest BCUT2D eigenvalue weighted by atomic mass is 35.5. The molecule has 0 aromatic heterocycles. The summed E-state index contributed by atoms with van der Waals surface area (Å²) in [7, 11) is 0. The molecule has 4 nitrogen and oxygen atoms in total. The van der Waals surface area contributed by atoms with Crippen molar-refractivity contribution in [2.75, 3.05) is 6.54 Å². The first kappa shape index (κ1) is 22.0. The van der Waals surface area contributed by atoms with Crippen LogP contribution in [0.5, 0.6) is 0 Å². The van der Waals surface area contributed by atoms with Gasteiger partial charge in [0, 0.05) is 18.1 Å². The van der Waals surface area contributed by atoms with Crippen molar-refractivity contribution in [3.8, 4) is 0 Å². The molecule has 1 N–H and O–H groups in total. The minimum Gasteiger partial charge on any atom is -0.354 e. The van der Waals surface area contributed by atoms with Crippen LogP contribution >= 0.6 is 11.6 Å². The van der Waals surface area contributed by atoms with Crippen LogP contribution in [0.3, 0.4) is 0 Å². The van der Waals surface area contributed by atoms with Crippen LogP contribution in [-0.2, 0) is 22.6 Å². The van der Waals surface area contributed by atoms with E-state index in [1.54, 1.807) is 24.0 Å². The van der Waals surface area contributed by atoms with Crippen molar-refractivity contribution in [2.24, 2.45) is 0 Å². The van der Waals surface area contributed by atoms with Crippen LogP contribution in [0.2, 0.25) is 5.02 Å². The fraction of sp³-hybridized carbons (Fsp3) is 0.391. The van der Waals surface area contributed by atoms with E-state index in [1.165, 1.54) is 0 Å². The lowest BCUT2D eigenvalue weighted by Gasteiger charge is -2.29. The summed E-state index contributed by atoms with van der Waals surface area (Å²) >= 11 is 5.97. The van der Waals surface area contributed by atoms with Gasteiger partial charge in [-0.2, -0.15) is 0 Å². The maximum atomic E-state index is 13.1. The van der Waals surface area contributed by atoms with E-state index in [9.17, 15) is 9.59 Å². The van der Waals surface area contributed by atoms with Gasteiger partial charge in [0.2, 0.25) is 11.8 Å². The van der Waals surface area contributed by atoms with Crippen molar-refractivity contribution in [1.29, 1.82) is 0 Å². The molecule has 2 amide bonds. The number of amides is 2. The van der Waals surface area contributed by atoms with Crippen molar-refractivity contribution in [2.45, 2.75) is 53.1 Å². The Hall–Kier alpha value is -2.33. The zero-order chi connectivity index (χ0) is 20.7. The molecule has 0 spiro atoms. The average molecular weight is 401 g/mol. The summed E-state index contributed by atoms with van der Waals surface area (Å²) in [5.41, 5.74) is 4.15. The van der Waals surface area contributed by atoms with E-state index in [4.69, 9.17) is 11.6 Å². The van der Waals surface area contributed by atoms with Crippen molar-refractivity contribution < 1.29 is 9.59 Å². The van der Waals surface area contributed by atoms with Gasteiger partial charge in [0.1, 0.15) is 6.04 Å². The van der Waals surface area contributed by atoms with Gasteiger partial charge in [0.05, 0.1) is 6.42 Å². The van der Waals surface area contributed by atoms with E-state index >= 15 is 0 Å². The Morgan fingerprint density at radius 3 is 2.21 bits per heavy atom. The molecule has 0 saturated heterocycles. The summed E-state index contributed by atoms with van der Waals surface area (Å²) < 4.78 is 0. The highest BCUT2D eigenvalue weighted by Crippen LogP contribution is 2.16. The molecule has 1 atom stereocenters. The second-order valence-corrected chi connectivity index (χ2v) is 7.72. The van der Waals surface area contributed by atoms with Gasteiger partial charge >= 0.3 is 0 Å². The van der Waals surface area contributed by atoms with E-state index in [-0.39, 0.29) is 18.2 Å². The molecule has 0 aliphatic heterocycles. The largest absolute Gasteiger partial charge is 0.354 e. The van der Waals surface area contributed by atoms with E-state index in [0.29, 0.717) is 18.1 Å². The van der Waals surface area contributed by atoms with Crippen molar-refractivity contribution in [3.05, 3.63) is 69.7 Å². The Morgan fingerprint density at radius 2 is 1.64 bits per heavy atom. The van der Waals surface area contributed by atoms with Crippen molar-refractivity contribution >= 4 is 23.4 Å². The smallest absolute Gasteiger partial charge is 0.242 e. The summed E-state index contributed by atoms with van der Waals surface area (Å²) in [6, 6.07) is 12.9. The van der Waals surface area contributed by atoms with Crippen LogP contribution in [0.4, 0.5) is 0 Å². The SMILES string of the molecule is CCCNC(=O)[C@H](C)N(Cc1ccc(Cl)cc1)C(=O)Cc1cc(C)cc(C)c1. The van der Waals surface area contributed by atoms with Crippen LogP contribution in [0.1, 0.15) is 42.5 Å². The maximum Gasteiger partial charge on any atom is 0.242 e. The molecule has 28 heavy (non-hydrogen) atoms. The first-order valence-corrected chi connectivity index (χ1v) is 10.1. The van der Waals surface area contributed by atoms with Crippen LogP contribution < -0.4 is 5.32 Å². The standard InChI is InChI=1S/C23H29ClN2O2/c1-5-10-25-23(28)18(4)26(15-19-6-8-21(24)9-7-19)22(27)14-20-12-16(2)11-17(3)13-20/h6-9,11-13,18H,5,10,14-15H2,1-4H3,(H,25,28)/t18-/m0/s1. The summed E-state index contributed by atoms with van der Waals surface area (Å²) in [6.07, 6.45) is 1.12. The molecule has 150 valence electrons. The number of benzene rings is 2. The molecule has 0 radical (unpaired) electrons. The molecule has 0 heterocycles. The van der Waals surface area contributed by atoms with Crippen LogP contribution in [0, 0.1) is 13.8 Å². The van der Waals surface area contributed by atoms with Gasteiger partial charge in [-0.05, 0) is 50.5 Å². The van der Waals surface area contributed by atoms with Gasteiger partial charge in [0.25, 0.3) is 0 Å². The van der Waals surface area contributed by atoms with Gasteiger partial charge in [-0.3, -0.25) is 9.59 Å². The molecule has 0 aliphatic carbocycles. The number of hydrogen-bond acceptors (Lipinski definition) is 2. The maximum absolute atomic E-state index is 13.1. The second-order valence-electron chi connectivity index (χ2n) is 7.29. The molecule has 0 unspecified atom stereocenters. The van der Waals surface area contributed by atoms with Crippen LogP contribution in [-0.4, -0.2) is 29.3 Å². The number of nitrogens with zero attached hydrogens (tertiary/aromatic N) is 1. The third kappa shape index (κ3) is 6.38. The number of rotatable bonds is 8. The number of carbonyl (C=O) groups is 2. The number of halogens is 1. The third-order valence-corrected chi connectivity index (χ3v) is 4.87. The Morgan fingerprint density at radius 1 is 1.04 bits per heavy atom. The molecule has 0 saturated carbocycles. The van der Waals surface area contributed by atoms with Crippen LogP contribution in [0.25, 0.3) is 0 Å². The van der Waals surface area contributed by atoms with Crippen molar-refractivity contribution in [3.63, 3.8) is 0 Å². The number of aryl methyl sites for hydroxylation is 2. The first-order valence-electron chi connectivity index (χ1n) is 9.69. The summed E-state index contributed by atoms with van der Waals surface area (Å²) in [5.74, 6) is -0.205. The van der Waals surface area contributed by atoms with Gasteiger partial charge in [0.15, 0.2) is 0 Å². The molecule has 2 aromatic rings. The molecule has 0 aliphatic rings. The van der Waals surface area contributed by atoms with Crippen molar-refractivity contribution in [1.82, 2.24) is 10.2 Å². The highest BCUT2D eigenvalue weighted by Gasteiger charge is 2.26. The number of nitrogens with one attached hydrogen (secondary N) is 1. The fourth-order valence-electron chi connectivity index (χ4n) is 3.21. The lowest BCUT2D eigenvalue weighted by molar-refractivity contribution is -0.140. The van der Waals surface area contributed by atoms with Crippen LogP contribution in [0.15, 0.2) is 42.5 Å². The molecule has 0 bridgehead atoms. The Bertz CT molecular complexity index is 798. The van der Waals surface area contributed by atoms with E-state index in [0.717, 1.165) is 28.7 Å². The third-order valence-electron chi connectivity index (χ3n) is 4.62. The summed E-state index contributed by atoms with van der Waals surface area (Å²) in [6.45, 7) is 8.78. The summed E-state index contributed by atoms with van der Waals surface area (Å²) in [4.78, 5) is 27.3. The van der Waals surface area contributed by atoms with E-state index < -0.39 is 6.04 Å².